The van der Waals surface area contributed by atoms with Crippen molar-refractivity contribution in [1.82, 2.24) is 5.32 Å². The summed E-state index contributed by atoms with van der Waals surface area (Å²) in [5, 5.41) is 4.13. The van der Waals surface area contributed by atoms with Crippen LogP contribution in [0.15, 0.2) is 24.3 Å². The fraction of sp³-hybridized carbons (Fsp3) is 0.533. The zero-order valence-corrected chi connectivity index (χ0v) is 12.5. The highest BCUT2D eigenvalue weighted by Gasteiger charge is 2.29. The first kappa shape index (κ1) is 15.3. The Morgan fingerprint density at radius 2 is 2.00 bits per heavy atom. The van der Waals surface area contributed by atoms with E-state index in [0.717, 1.165) is 31.6 Å². The van der Waals surface area contributed by atoms with E-state index in [1.165, 1.54) is 0 Å². The number of carbonyl (C=O) groups is 1. The molecule has 1 aromatic carbocycles. The van der Waals surface area contributed by atoms with Crippen molar-refractivity contribution in [3.8, 4) is 0 Å². The maximum Gasteiger partial charge on any atom is 0.226 e. The van der Waals surface area contributed by atoms with Crippen LogP contribution in [0.2, 0.25) is 5.02 Å². The van der Waals surface area contributed by atoms with E-state index in [9.17, 15) is 4.79 Å². The molecule has 1 amide bonds. The minimum atomic E-state index is -0.341. The van der Waals surface area contributed by atoms with Crippen LogP contribution in [0.4, 0.5) is 0 Å². The summed E-state index contributed by atoms with van der Waals surface area (Å²) in [5.74, 6) is -0.664. The normalized spacial score (nSPS) is 19.5. The van der Waals surface area contributed by atoms with Gasteiger partial charge in [0.25, 0.3) is 0 Å². The van der Waals surface area contributed by atoms with Crippen molar-refractivity contribution in [3.63, 3.8) is 0 Å². The van der Waals surface area contributed by atoms with Gasteiger partial charge in [-0.2, -0.15) is 0 Å². The number of carbonyl (C=O) groups excluding carboxylic acids is 1. The number of ether oxygens (including phenoxy) is 1. The number of hydrogen-bond acceptors (Lipinski definition) is 3. The van der Waals surface area contributed by atoms with Crippen molar-refractivity contribution in [2.75, 3.05) is 19.8 Å². The van der Waals surface area contributed by atoms with E-state index in [1.807, 2.05) is 12.1 Å². The number of hydrogen-bond donors (Lipinski definition) is 2. The molecule has 1 heterocycles. The highest BCUT2D eigenvalue weighted by molar-refractivity contribution is 6.30. The van der Waals surface area contributed by atoms with Crippen LogP contribution in [0.1, 0.15) is 31.2 Å². The second-order valence-corrected chi connectivity index (χ2v) is 6.00. The smallest absolute Gasteiger partial charge is 0.226 e. The molecule has 0 unspecified atom stereocenters. The Labute approximate surface area is 124 Å². The molecule has 5 heteroatoms. The van der Waals surface area contributed by atoms with Gasteiger partial charge < -0.3 is 15.8 Å². The fourth-order valence-electron chi connectivity index (χ4n) is 2.42. The molecule has 20 heavy (non-hydrogen) atoms. The van der Waals surface area contributed by atoms with E-state index in [1.54, 1.807) is 12.1 Å². The fourth-order valence-corrected chi connectivity index (χ4v) is 2.55. The van der Waals surface area contributed by atoms with Crippen molar-refractivity contribution in [2.24, 2.45) is 5.73 Å². The largest absolute Gasteiger partial charge is 0.381 e. The molecular weight excluding hydrogens is 276 g/mol. The summed E-state index contributed by atoms with van der Waals surface area (Å²) in [6.45, 7) is 4.21. The summed E-state index contributed by atoms with van der Waals surface area (Å²) >= 11 is 5.87. The molecule has 3 N–H and O–H groups in total. The van der Waals surface area contributed by atoms with Gasteiger partial charge in [0, 0.05) is 30.3 Å². The Morgan fingerprint density at radius 3 is 2.55 bits per heavy atom. The van der Waals surface area contributed by atoms with E-state index < -0.39 is 0 Å². The summed E-state index contributed by atoms with van der Waals surface area (Å²) < 4.78 is 5.37. The first-order chi connectivity index (χ1) is 9.50. The lowest BCUT2D eigenvalue weighted by Gasteiger charge is -2.35. The highest BCUT2D eigenvalue weighted by atomic mass is 35.5. The van der Waals surface area contributed by atoms with Crippen LogP contribution in [-0.2, 0) is 9.53 Å². The highest BCUT2D eigenvalue weighted by Crippen LogP contribution is 2.23. The van der Waals surface area contributed by atoms with Crippen LogP contribution in [0, 0.1) is 0 Å². The van der Waals surface area contributed by atoms with Gasteiger partial charge in [-0.05, 0) is 37.5 Å². The first-order valence-electron chi connectivity index (χ1n) is 6.88. The number of halogens is 1. The average molecular weight is 297 g/mol. The van der Waals surface area contributed by atoms with Gasteiger partial charge in [0.2, 0.25) is 5.91 Å². The average Bonchev–Trinajstić information content (AvgIpc) is 2.41. The van der Waals surface area contributed by atoms with Gasteiger partial charge in [0.1, 0.15) is 0 Å². The van der Waals surface area contributed by atoms with Gasteiger partial charge in [-0.25, -0.2) is 0 Å². The maximum atomic E-state index is 11.7. The molecule has 1 aromatic rings. The number of primary amides is 1. The molecule has 0 bridgehead atoms. The Hall–Kier alpha value is -1.10. The maximum absolute atomic E-state index is 11.7. The van der Waals surface area contributed by atoms with Gasteiger partial charge in [0.15, 0.2) is 0 Å². The molecule has 1 aliphatic heterocycles. The predicted octanol–water partition coefficient (Wildman–Crippen LogP) is 2.07. The topological polar surface area (TPSA) is 64.3 Å². The number of amides is 1. The van der Waals surface area contributed by atoms with Crippen LogP contribution in [0.3, 0.4) is 0 Å². The third kappa shape index (κ3) is 3.95. The molecule has 1 saturated heterocycles. The standard InChI is InChI=1S/C15H21ClN2O2/c1-15(6-8-20-9-7-15)18-10-13(14(17)19)11-2-4-12(16)5-3-11/h2-5,13,18H,6-10H2,1H3,(H2,17,19)/t13-/m1/s1. The molecule has 110 valence electrons. The molecule has 1 atom stereocenters. The van der Waals surface area contributed by atoms with Crippen molar-refractivity contribution in [3.05, 3.63) is 34.9 Å². The second kappa shape index (κ2) is 6.57. The van der Waals surface area contributed by atoms with E-state index in [4.69, 9.17) is 22.1 Å². The first-order valence-corrected chi connectivity index (χ1v) is 7.25. The number of rotatable bonds is 5. The molecule has 0 radical (unpaired) electrons. The Morgan fingerprint density at radius 1 is 1.40 bits per heavy atom. The van der Waals surface area contributed by atoms with Gasteiger partial charge in [-0.3, -0.25) is 4.79 Å². The zero-order valence-electron chi connectivity index (χ0n) is 11.7. The SMILES string of the molecule is CC1(NC[C@@H](C(N)=O)c2ccc(Cl)cc2)CCOCC1. The molecule has 1 fully saturated rings. The third-order valence-electron chi connectivity index (χ3n) is 3.95. The quantitative estimate of drug-likeness (QED) is 0.874. The Balaban J connectivity index is 2.02. The molecular formula is C15H21ClN2O2. The Bertz CT molecular complexity index is 455. The summed E-state index contributed by atoms with van der Waals surface area (Å²) in [4.78, 5) is 11.7. The van der Waals surface area contributed by atoms with Gasteiger partial charge in [-0.1, -0.05) is 23.7 Å². The lowest BCUT2D eigenvalue weighted by atomic mass is 9.90. The lowest BCUT2D eigenvalue weighted by Crippen LogP contribution is -2.49. The minimum Gasteiger partial charge on any atom is -0.381 e. The minimum absolute atomic E-state index is 0.0123. The summed E-state index contributed by atoms with van der Waals surface area (Å²) in [5.41, 5.74) is 6.43. The monoisotopic (exact) mass is 296 g/mol. The van der Waals surface area contributed by atoms with Crippen LogP contribution in [0.25, 0.3) is 0 Å². The number of benzene rings is 1. The van der Waals surface area contributed by atoms with Crippen molar-refractivity contribution in [1.29, 1.82) is 0 Å². The predicted molar refractivity (Wildman–Crippen MR) is 79.8 cm³/mol. The Kier molecular flexibility index (Phi) is 5.02. The summed E-state index contributed by atoms with van der Waals surface area (Å²) in [6.07, 6.45) is 1.89. The molecule has 0 spiro atoms. The molecule has 0 saturated carbocycles. The second-order valence-electron chi connectivity index (χ2n) is 5.56. The molecule has 1 aliphatic rings. The number of nitrogens with two attached hydrogens (primary N) is 1. The van der Waals surface area contributed by atoms with E-state index in [2.05, 4.69) is 12.2 Å². The summed E-state index contributed by atoms with van der Waals surface area (Å²) in [6, 6.07) is 7.27. The van der Waals surface area contributed by atoms with Crippen LogP contribution in [-0.4, -0.2) is 31.2 Å². The van der Waals surface area contributed by atoms with Crippen molar-refractivity contribution < 1.29 is 9.53 Å². The molecule has 0 aromatic heterocycles. The van der Waals surface area contributed by atoms with E-state index in [-0.39, 0.29) is 17.4 Å². The molecule has 0 aliphatic carbocycles. The zero-order chi connectivity index (χ0) is 14.6. The van der Waals surface area contributed by atoms with Crippen LogP contribution < -0.4 is 11.1 Å². The van der Waals surface area contributed by atoms with Crippen molar-refractivity contribution >= 4 is 17.5 Å². The number of nitrogens with one attached hydrogen (secondary N) is 1. The van der Waals surface area contributed by atoms with Gasteiger partial charge >= 0.3 is 0 Å². The van der Waals surface area contributed by atoms with E-state index >= 15 is 0 Å². The van der Waals surface area contributed by atoms with E-state index in [0.29, 0.717) is 11.6 Å². The lowest BCUT2D eigenvalue weighted by molar-refractivity contribution is -0.119. The molecule has 2 rings (SSSR count). The van der Waals surface area contributed by atoms with Crippen LogP contribution in [0.5, 0.6) is 0 Å². The van der Waals surface area contributed by atoms with Crippen molar-refractivity contribution in [2.45, 2.75) is 31.2 Å². The summed E-state index contributed by atoms with van der Waals surface area (Å²) in [7, 11) is 0. The van der Waals surface area contributed by atoms with Gasteiger partial charge in [0.05, 0.1) is 5.92 Å². The van der Waals surface area contributed by atoms with Gasteiger partial charge in [-0.15, -0.1) is 0 Å². The third-order valence-corrected chi connectivity index (χ3v) is 4.20. The molecule has 4 nitrogen and oxygen atoms in total. The van der Waals surface area contributed by atoms with Crippen LogP contribution >= 0.6 is 11.6 Å².